The maximum atomic E-state index is 13.1. The van der Waals surface area contributed by atoms with Gasteiger partial charge in [0.15, 0.2) is 0 Å². The van der Waals surface area contributed by atoms with Crippen LogP contribution in [0.4, 0.5) is 5.69 Å². The molecule has 2 atom stereocenters. The second kappa shape index (κ2) is 10.5. The molecule has 0 aromatic heterocycles. The molecule has 3 heterocycles. The normalized spacial score (nSPS) is 26.7. The van der Waals surface area contributed by atoms with Crippen molar-refractivity contribution in [3.8, 4) is 0 Å². The summed E-state index contributed by atoms with van der Waals surface area (Å²) in [7, 11) is 0. The van der Waals surface area contributed by atoms with E-state index in [-0.39, 0.29) is 5.91 Å². The number of morpholine rings is 1. The third kappa shape index (κ3) is 5.83. The quantitative estimate of drug-likeness (QED) is 0.700. The van der Waals surface area contributed by atoms with Gasteiger partial charge < -0.3 is 14.5 Å². The summed E-state index contributed by atoms with van der Waals surface area (Å²) in [5.41, 5.74) is 2.06. The highest BCUT2D eigenvalue weighted by molar-refractivity contribution is 5.94. The second-order valence-electron chi connectivity index (χ2n) is 10.4. The third-order valence-electron chi connectivity index (χ3n) is 7.44. The lowest BCUT2D eigenvalue weighted by Crippen LogP contribution is -2.49. The van der Waals surface area contributed by atoms with Gasteiger partial charge in [-0.05, 0) is 70.7 Å². The highest BCUT2D eigenvalue weighted by Crippen LogP contribution is 2.23. The van der Waals surface area contributed by atoms with Crippen molar-refractivity contribution in [2.45, 2.75) is 58.8 Å². The fourth-order valence-electron chi connectivity index (χ4n) is 5.61. The zero-order valence-electron chi connectivity index (χ0n) is 20.5. The number of ether oxygens (including phenoxy) is 1. The van der Waals surface area contributed by atoms with Crippen LogP contribution in [0.2, 0.25) is 0 Å². The Bertz CT molecular complexity index is 727. The zero-order chi connectivity index (χ0) is 22.7. The van der Waals surface area contributed by atoms with Gasteiger partial charge in [0, 0.05) is 76.2 Å². The minimum absolute atomic E-state index is 0.188. The van der Waals surface area contributed by atoms with Crippen molar-refractivity contribution in [1.29, 1.82) is 0 Å². The van der Waals surface area contributed by atoms with Crippen molar-refractivity contribution < 1.29 is 9.53 Å². The molecule has 6 nitrogen and oxygen atoms in total. The van der Waals surface area contributed by atoms with Gasteiger partial charge in [0.25, 0.3) is 5.91 Å². The number of benzene rings is 1. The molecular weight excluding hydrogens is 400 g/mol. The molecule has 178 valence electrons. The summed E-state index contributed by atoms with van der Waals surface area (Å²) in [5, 5.41) is 0. The molecule has 32 heavy (non-hydrogen) atoms. The Kier molecular flexibility index (Phi) is 7.74. The Hall–Kier alpha value is -1.63. The molecule has 0 saturated carbocycles. The van der Waals surface area contributed by atoms with Gasteiger partial charge in [-0.1, -0.05) is 0 Å². The lowest BCUT2D eigenvalue weighted by atomic mass is 9.95. The number of carbonyl (C=O) groups excluding carboxylic acids is 1. The first kappa shape index (κ1) is 23.5. The van der Waals surface area contributed by atoms with E-state index >= 15 is 0 Å². The number of rotatable bonds is 5. The minimum Gasteiger partial charge on any atom is -0.373 e. The highest BCUT2D eigenvalue weighted by atomic mass is 16.5. The van der Waals surface area contributed by atoms with E-state index in [9.17, 15) is 4.79 Å². The molecule has 0 N–H and O–H groups in total. The molecule has 4 rings (SSSR count). The number of nitrogens with zero attached hydrogens (tertiary/aromatic N) is 4. The second-order valence-corrected chi connectivity index (χ2v) is 10.4. The molecule has 0 aliphatic carbocycles. The van der Waals surface area contributed by atoms with Crippen LogP contribution in [0.15, 0.2) is 24.3 Å². The van der Waals surface area contributed by atoms with Crippen molar-refractivity contribution in [2.75, 3.05) is 63.8 Å². The van der Waals surface area contributed by atoms with Crippen LogP contribution >= 0.6 is 0 Å². The van der Waals surface area contributed by atoms with Crippen LogP contribution < -0.4 is 4.90 Å². The van der Waals surface area contributed by atoms with Gasteiger partial charge in [-0.3, -0.25) is 14.6 Å². The molecule has 3 fully saturated rings. The number of anilines is 1. The Labute approximate surface area is 194 Å². The molecule has 1 amide bonds. The number of piperazine rings is 1. The van der Waals surface area contributed by atoms with Crippen molar-refractivity contribution >= 4 is 11.6 Å². The Balaban J connectivity index is 1.24. The zero-order valence-corrected chi connectivity index (χ0v) is 20.5. The summed E-state index contributed by atoms with van der Waals surface area (Å²) in [6.45, 7) is 18.1. The van der Waals surface area contributed by atoms with Crippen LogP contribution in [0.3, 0.4) is 0 Å². The predicted octanol–water partition coefficient (Wildman–Crippen LogP) is 3.18. The summed E-state index contributed by atoms with van der Waals surface area (Å²) >= 11 is 0. The minimum atomic E-state index is 0.188. The molecule has 1 aromatic rings. The first-order chi connectivity index (χ1) is 15.4. The van der Waals surface area contributed by atoms with E-state index in [2.05, 4.69) is 59.4 Å². The number of hydrogen-bond donors (Lipinski definition) is 0. The van der Waals surface area contributed by atoms with Crippen molar-refractivity contribution in [2.24, 2.45) is 5.92 Å². The third-order valence-corrected chi connectivity index (χ3v) is 7.44. The standard InChI is InChI=1S/C26H42N4O2/c1-20(2)28-13-15-29(16-14-28)25-7-5-24(6-8-25)26(31)30-11-9-23(10-12-30)19-27-17-21(3)32-22(4)18-27/h5-8,20-23H,9-19H2,1-4H3. The summed E-state index contributed by atoms with van der Waals surface area (Å²) in [6, 6.07) is 8.92. The lowest BCUT2D eigenvalue weighted by Gasteiger charge is -2.39. The van der Waals surface area contributed by atoms with Gasteiger partial charge >= 0.3 is 0 Å². The maximum Gasteiger partial charge on any atom is 0.253 e. The van der Waals surface area contributed by atoms with Crippen LogP contribution in [0.5, 0.6) is 0 Å². The van der Waals surface area contributed by atoms with Gasteiger partial charge in [0.1, 0.15) is 0 Å². The molecule has 0 bridgehead atoms. The van der Waals surface area contributed by atoms with Crippen LogP contribution in [0, 0.1) is 5.92 Å². The first-order valence-corrected chi connectivity index (χ1v) is 12.6. The molecule has 3 aliphatic rings. The topological polar surface area (TPSA) is 39.3 Å². The van der Waals surface area contributed by atoms with E-state index in [1.807, 2.05) is 12.1 Å². The highest BCUT2D eigenvalue weighted by Gasteiger charge is 2.28. The fourth-order valence-corrected chi connectivity index (χ4v) is 5.61. The molecule has 1 aromatic carbocycles. The number of hydrogen-bond acceptors (Lipinski definition) is 5. The van der Waals surface area contributed by atoms with E-state index in [0.717, 1.165) is 77.3 Å². The average molecular weight is 443 g/mol. The van der Waals surface area contributed by atoms with E-state index in [4.69, 9.17) is 4.74 Å². The summed E-state index contributed by atoms with van der Waals surface area (Å²) in [6.07, 6.45) is 2.85. The SMILES string of the molecule is CC1CN(CC2CCN(C(=O)c3ccc(N4CCN(C(C)C)CC4)cc3)CC2)CC(C)O1. The molecule has 3 aliphatic heterocycles. The van der Waals surface area contributed by atoms with Crippen LogP contribution in [0.25, 0.3) is 0 Å². The molecule has 2 unspecified atom stereocenters. The van der Waals surface area contributed by atoms with Crippen LogP contribution in [0.1, 0.15) is 50.9 Å². The van der Waals surface area contributed by atoms with Crippen molar-refractivity contribution in [1.82, 2.24) is 14.7 Å². The lowest BCUT2D eigenvalue weighted by molar-refractivity contribution is -0.0728. The van der Waals surface area contributed by atoms with Crippen LogP contribution in [-0.2, 0) is 4.74 Å². The predicted molar refractivity (Wildman–Crippen MR) is 130 cm³/mol. The number of amides is 1. The van der Waals surface area contributed by atoms with Gasteiger partial charge in [0.2, 0.25) is 0 Å². The molecule has 3 saturated heterocycles. The van der Waals surface area contributed by atoms with Crippen molar-refractivity contribution in [3.63, 3.8) is 0 Å². The van der Waals surface area contributed by atoms with Gasteiger partial charge in [-0.15, -0.1) is 0 Å². The molecule has 6 heteroatoms. The summed E-state index contributed by atoms with van der Waals surface area (Å²) in [4.78, 5) is 22.6. The smallest absolute Gasteiger partial charge is 0.253 e. The summed E-state index contributed by atoms with van der Waals surface area (Å²) in [5.74, 6) is 0.872. The number of carbonyl (C=O) groups is 1. The molecular formula is C26H42N4O2. The molecule has 0 spiro atoms. The fraction of sp³-hybridized carbons (Fsp3) is 0.731. The monoisotopic (exact) mass is 442 g/mol. The Morgan fingerprint density at radius 1 is 0.938 bits per heavy atom. The Morgan fingerprint density at radius 3 is 2.09 bits per heavy atom. The van der Waals surface area contributed by atoms with Gasteiger partial charge in [0.05, 0.1) is 12.2 Å². The average Bonchev–Trinajstić information content (AvgIpc) is 2.79. The van der Waals surface area contributed by atoms with E-state index < -0.39 is 0 Å². The van der Waals surface area contributed by atoms with Gasteiger partial charge in [-0.2, -0.15) is 0 Å². The molecule has 0 radical (unpaired) electrons. The Morgan fingerprint density at radius 2 is 1.53 bits per heavy atom. The maximum absolute atomic E-state index is 13.1. The van der Waals surface area contributed by atoms with E-state index in [1.165, 1.54) is 5.69 Å². The van der Waals surface area contributed by atoms with E-state index in [1.54, 1.807) is 0 Å². The largest absolute Gasteiger partial charge is 0.373 e. The van der Waals surface area contributed by atoms with E-state index in [0.29, 0.717) is 24.2 Å². The summed E-state index contributed by atoms with van der Waals surface area (Å²) < 4.78 is 5.86. The first-order valence-electron chi connectivity index (χ1n) is 12.6. The van der Waals surface area contributed by atoms with Gasteiger partial charge in [-0.25, -0.2) is 0 Å². The van der Waals surface area contributed by atoms with Crippen molar-refractivity contribution in [3.05, 3.63) is 29.8 Å². The number of piperidine rings is 1. The van der Waals surface area contributed by atoms with Crippen LogP contribution in [-0.4, -0.2) is 97.8 Å². The number of likely N-dealkylation sites (tertiary alicyclic amines) is 1.